The molecule has 1 heterocycles. The minimum Gasteiger partial charge on any atom is -0.317 e. The molecule has 20 heavy (non-hydrogen) atoms. The summed E-state index contributed by atoms with van der Waals surface area (Å²) in [5, 5.41) is 7.85. The van der Waals surface area contributed by atoms with E-state index in [0.717, 1.165) is 6.42 Å². The Morgan fingerprint density at radius 3 is 2.35 bits per heavy atom. The Morgan fingerprint density at radius 2 is 1.80 bits per heavy atom. The first kappa shape index (κ1) is 14.8. The molecule has 2 rings (SSSR count). The number of rotatable bonds is 5. The number of aromatic nitrogens is 2. The van der Waals surface area contributed by atoms with E-state index in [1.54, 1.807) is 0 Å². The first-order valence-corrected chi connectivity index (χ1v) is 7.31. The quantitative estimate of drug-likeness (QED) is 0.903. The Bertz CT molecular complexity index is 552. The normalized spacial score (nSPS) is 12.9. The van der Waals surface area contributed by atoms with Gasteiger partial charge < -0.3 is 5.32 Å². The molecule has 0 saturated heterocycles. The molecule has 0 radical (unpaired) electrons. The number of aryl methyl sites for hydroxylation is 1. The van der Waals surface area contributed by atoms with Gasteiger partial charge in [0, 0.05) is 24.8 Å². The van der Waals surface area contributed by atoms with Crippen LogP contribution < -0.4 is 5.32 Å². The van der Waals surface area contributed by atoms with Gasteiger partial charge in [0.2, 0.25) is 0 Å². The Balaban J connectivity index is 2.26. The molecule has 3 heteroatoms. The highest BCUT2D eigenvalue weighted by Crippen LogP contribution is 2.28. The summed E-state index contributed by atoms with van der Waals surface area (Å²) in [4.78, 5) is 0. The molecule has 0 aliphatic heterocycles. The number of hydrogen-bond donors (Lipinski definition) is 1. The van der Waals surface area contributed by atoms with Crippen LogP contribution in [0, 0.1) is 0 Å². The predicted molar refractivity (Wildman–Crippen MR) is 85.0 cm³/mol. The van der Waals surface area contributed by atoms with Crippen molar-refractivity contribution in [2.45, 2.75) is 39.2 Å². The second-order valence-corrected chi connectivity index (χ2v) is 5.85. The third-order valence-electron chi connectivity index (χ3n) is 3.70. The van der Waals surface area contributed by atoms with Crippen LogP contribution in [0.2, 0.25) is 0 Å². The van der Waals surface area contributed by atoms with Crippen molar-refractivity contribution in [3.05, 3.63) is 41.7 Å². The Hall–Kier alpha value is -1.61. The molecular weight excluding hydrogens is 246 g/mol. The van der Waals surface area contributed by atoms with Gasteiger partial charge in [-0.15, -0.1) is 0 Å². The van der Waals surface area contributed by atoms with Crippen molar-refractivity contribution in [3.63, 3.8) is 0 Å². The lowest BCUT2D eigenvalue weighted by molar-refractivity contribution is 0.608. The van der Waals surface area contributed by atoms with Gasteiger partial charge in [0.15, 0.2) is 0 Å². The summed E-state index contributed by atoms with van der Waals surface area (Å²) in [7, 11) is 3.99. The summed E-state index contributed by atoms with van der Waals surface area (Å²) < 4.78 is 1.90. The van der Waals surface area contributed by atoms with Gasteiger partial charge in [-0.25, -0.2) is 0 Å². The fraction of sp³-hybridized carbons (Fsp3) is 0.471. The van der Waals surface area contributed by atoms with Crippen molar-refractivity contribution in [1.29, 1.82) is 0 Å². The topological polar surface area (TPSA) is 29.9 Å². The highest BCUT2D eigenvalue weighted by molar-refractivity contribution is 5.66. The molecule has 2 aromatic rings. The van der Waals surface area contributed by atoms with Crippen molar-refractivity contribution in [2.24, 2.45) is 7.05 Å². The van der Waals surface area contributed by atoms with Gasteiger partial charge in [-0.2, -0.15) is 5.10 Å². The zero-order chi connectivity index (χ0) is 14.7. The van der Waals surface area contributed by atoms with E-state index >= 15 is 0 Å². The molecule has 0 aliphatic carbocycles. The zero-order valence-electron chi connectivity index (χ0n) is 13.1. The van der Waals surface area contributed by atoms with Gasteiger partial charge in [0.1, 0.15) is 0 Å². The Kier molecular flexibility index (Phi) is 4.61. The highest BCUT2D eigenvalue weighted by atomic mass is 15.3. The fourth-order valence-electron chi connectivity index (χ4n) is 2.43. The van der Waals surface area contributed by atoms with Crippen LogP contribution in [0.15, 0.2) is 30.5 Å². The van der Waals surface area contributed by atoms with Crippen LogP contribution >= 0.6 is 0 Å². The van der Waals surface area contributed by atoms with Crippen LogP contribution in [-0.2, 0) is 13.5 Å². The fourth-order valence-corrected chi connectivity index (χ4v) is 2.43. The molecule has 1 atom stereocenters. The van der Waals surface area contributed by atoms with E-state index in [9.17, 15) is 0 Å². The third-order valence-corrected chi connectivity index (χ3v) is 3.70. The highest BCUT2D eigenvalue weighted by Gasteiger charge is 2.13. The first-order valence-electron chi connectivity index (χ1n) is 7.31. The molecule has 3 nitrogen and oxygen atoms in total. The zero-order valence-corrected chi connectivity index (χ0v) is 13.1. The first-order chi connectivity index (χ1) is 9.51. The summed E-state index contributed by atoms with van der Waals surface area (Å²) in [5.41, 5.74) is 5.04. The number of hydrogen-bond acceptors (Lipinski definition) is 2. The van der Waals surface area contributed by atoms with Gasteiger partial charge in [-0.3, -0.25) is 4.68 Å². The van der Waals surface area contributed by atoms with E-state index in [-0.39, 0.29) is 0 Å². The summed E-state index contributed by atoms with van der Waals surface area (Å²) in [6, 6.07) is 9.37. The van der Waals surface area contributed by atoms with Crippen molar-refractivity contribution in [2.75, 3.05) is 7.05 Å². The predicted octanol–water partition coefficient (Wildman–Crippen LogP) is 3.36. The molecule has 0 aliphatic rings. The van der Waals surface area contributed by atoms with Crippen LogP contribution in [0.5, 0.6) is 0 Å². The lowest BCUT2D eigenvalue weighted by Crippen LogP contribution is -2.23. The van der Waals surface area contributed by atoms with E-state index in [2.05, 4.69) is 61.6 Å². The molecule has 0 amide bonds. The van der Waals surface area contributed by atoms with Crippen molar-refractivity contribution in [1.82, 2.24) is 15.1 Å². The number of nitrogens with one attached hydrogen (secondary N) is 1. The molecule has 1 unspecified atom stereocenters. The average Bonchev–Trinajstić information content (AvgIpc) is 2.82. The van der Waals surface area contributed by atoms with Crippen LogP contribution in [-0.4, -0.2) is 22.9 Å². The molecule has 1 aromatic carbocycles. The van der Waals surface area contributed by atoms with Crippen molar-refractivity contribution < 1.29 is 0 Å². The summed E-state index contributed by atoms with van der Waals surface area (Å²) in [6.45, 7) is 6.58. The monoisotopic (exact) mass is 271 g/mol. The van der Waals surface area contributed by atoms with Crippen molar-refractivity contribution in [3.8, 4) is 11.1 Å². The molecule has 0 bridgehead atoms. The number of benzene rings is 1. The molecule has 0 spiro atoms. The lowest BCUT2D eigenvalue weighted by Gasteiger charge is -2.11. The largest absolute Gasteiger partial charge is 0.317 e. The smallest absolute Gasteiger partial charge is 0.0728 e. The second kappa shape index (κ2) is 6.23. The molecule has 108 valence electrons. The van der Waals surface area contributed by atoms with E-state index in [1.165, 1.54) is 22.4 Å². The van der Waals surface area contributed by atoms with Crippen LogP contribution in [0.3, 0.4) is 0 Å². The second-order valence-electron chi connectivity index (χ2n) is 5.85. The van der Waals surface area contributed by atoms with E-state index in [0.29, 0.717) is 12.0 Å². The standard InChI is InChI=1S/C17H25N3/c1-12(2)17-16(11-20(5)19-17)15-8-6-14(7-9-15)10-13(3)18-4/h6-9,11-13,18H,10H2,1-5H3. The SMILES string of the molecule is CNC(C)Cc1ccc(-c2cn(C)nc2C(C)C)cc1. The maximum Gasteiger partial charge on any atom is 0.0728 e. The van der Waals surface area contributed by atoms with Gasteiger partial charge in [0.25, 0.3) is 0 Å². The molecular formula is C17H25N3. The minimum absolute atomic E-state index is 0.440. The van der Waals surface area contributed by atoms with Crippen LogP contribution in [0.25, 0.3) is 11.1 Å². The Labute approximate surface area is 122 Å². The van der Waals surface area contributed by atoms with Crippen LogP contribution in [0.4, 0.5) is 0 Å². The summed E-state index contributed by atoms with van der Waals surface area (Å²) >= 11 is 0. The summed E-state index contributed by atoms with van der Waals surface area (Å²) in [6.07, 6.45) is 3.17. The maximum absolute atomic E-state index is 4.58. The number of likely N-dealkylation sites (N-methyl/N-ethyl adjacent to an activating group) is 1. The van der Waals surface area contributed by atoms with E-state index in [4.69, 9.17) is 0 Å². The van der Waals surface area contributed by atoms with E-state index < -0.39 is 0 Å². The van der Waals surface area contributed by atoms with Gasteiger partial charge in [0.05, 0.1) is 5.69 Å². The Morgan fingerprint density at radius 1 is 1.15 bits per heavy atom. The van der Waals surface area contributed by atoms with Crippen LogP contribution in [0.1, 0.15) is 37.9 Å². The van der Waals surface area contributed by atoms with Gasteiger partial charge in [-0.1, -0.05) is 38.1 Å². The molecule has 0 saturated carbocycles. The molecule has 1 aromatic heterocycles. The molecule has 0 fully saturated rings. The summed E-state index contributed by atoms with van der Waals surface area (Å²) in [5.74, 6) is 0.440. The van der Waals surface area contributed by atoms with Gasteiger partial charge in [-0.05, 0) is 37.4 Å². The minimum atomic E-state index is 0.440. The van der Waals surface area contributed by atoms with Crippen molar-refractivity contribution >= 4 is 0 Å². The lowest BCUT2D eigenvalue weighted by atomic mass is 9.98. The molecule has 1 N–H and O–H groups in total. The third kappa shape index (κ3) is 3.28. The average molecular weight is 271 g/mol. The maximum atomic E-state index is 4.58. The van der Waals surface area contributed by atoms with Gasteiger partial charge >= 0.3 is 0 Å². The van der Waals surface area contributed by atoms with E-state index in [1.807, 2.05) is 18.8 Å². The number of nitrogens with zero attached hydrogens (tertiary/aromatic N) is 2.